The van der Waals surface area contributed by atoms with Crippen molar-refractivity contribution >= 4 is 0 Å². The molecule has 0 amide bonds. The molecule has 3 heteroatoms. The van der Waals surface area contributed by atoms with Crippen molar-refractivity contribution < 1.29 is 4.74 Å². The zero-order valence-corrected chi connectivity index (χ0v) is 11.8. The lowest BCUT2D eigenvalue weighted by Crippen LogP contribution is -1.97. The molecule has 0 saturated heterocycles. The van der Waals surface area contributed by atoms with E-state index < -0.39 is 0 Å². The van der Waals surface area contributed by atoms with Gasteiger partial charge in [0.05, 0.1) is 12.7 Å². The van der Waals surface area contributed by atoms with E-state index in [1.165, 1.54) is 11.1 Å². The zero-order chi connectivity index (χ0) is 14.4. The van der Waals surface area contributed by atoms with Gasteiger partial charge in [-0.25, -0.2) is 0 Å². The number of nitrogens with two attached hydrogens (primary N) is 1. The largest absolute Gasteiger partial charge is 0.487 e. The molecule has 0 aliphatic carbocycles. The maximum Gasteiger partial charge on any atom is 0.139 e. The summed E-state index contributed by atoms with van der Waals surface area (Å²) >= 11 is 0. The SMILES string of the molecule is Cc1ccc(COc2cncc(C#CCN)c2)cc1C. The van der Waals surface area contributed by atoms with Crippen LogP contribution in [-0.2, 0) is 6.61 Å². The molecule has 0 atom stereocenters. The van der Waals surface area contributed by atoms with Crippen LogP contribution in [0.4, 0.5) is 0 Å². The first-order valence-electron chi connectivity index (χ1n) is 6.52. The van der Waals surface area contributed by atoms with Crippen molar-refractivity contribution in [1.82, 2.24) is 4.98 Å². The van der Waals surface area contributed by atoms with Crippen molar-refractivity contribution in [3.8, 4) is 17.6 Å². The minimum Gasteiger partial charge on any atom is -0.487 e. The van der Waals surface area contributed by atoms with Gasteiger partial charge in [-0.2, -0.15) is 0 Å². The van der Waals surface area contributed by atoms with Crippen LogP contribution in [0.25, 0.3) is 0 Å². The Kier molecular flexibility index (Phi) is 4.75. The molecule has 2 aromatic rings. The Balaban J connectivity index is 2.05. The van der Waals surface area contributed by atoms with E-state index in [-0.39, 0.29) is 0 Å². The summed E-state index contributed by atoms with van der Waals surface area (Å²) in [5, 5.41) is 0. The topological polar surface area (TPSA) is 48.1 Å². The predicted molar refractivity (Wildman–Crippen MR) is 80.4 cm³/mol. The van der Waals surface area contributed by atoms with Gasteiger partial charge in [-0.15, -0.1) is 0 Å². The second kappa shape index (κ2) is 6.74. The van der Waals surface area contributed by atoms with Crippen LogP contribution >= 0.6 is 0 Å². The van der Waals surface area contributed by atoms with E-state index >= 15 is 0 Å². The van der Waals surface area contributed by atoms with Gasteiger partial charge in [-0.1, -0.05) is 30.0 Å². The number of hydrogen-bond donors (Lipinski definition) is 1. The average molecular weight is 266 g/mol. The van der Waals surface area contributed by atoms with E-state index in [1.54, 1.807) is 12.4 Å². The third kappa shape index (κ3) is 3.84. The van der Waals surface area contributed by atoms with Gasteiger partial charge in [0.25, 0.3) is 0 Å². The summed E-state index contributed by atoms with van der Waals surface area (Å²) in [5.74, 6) is 6.46. The highest BCUT2D eigenvalue weighted by Gasteiger charge is 1.99. The first kappa shape index (κ1) is 14.1. The number of hydrogen-bond acceptors (Lipinski definition) is 3. The molecule has 0 aliphatic rings. The fraction of sp³-hybridized carbons (Fsp3) is 0.235. The highest BCUT2D eigenvalue weighted by atomic mass is 16.5. The number of aromatic nitrogens is 1. The molecule has 1 aromatic carbocycles. The summed E-state index contributed by atoms with van der Waals surface area (Å²) in [5.41, 5.74) is 9.86. The molecule has 0 saturated carbocycles. The van der Waals surface area contributed by atoms with E-state index in [9.17, 15) is 0 Å². The van der Waals surface area contributed by atoms with Crippen LogP contribution in [0.3, 0.4) is 0 Å². The summed E-state index contributed by atoms with van der Waals surface area (Å²) < 4.78 is 5.75. The molecule has 2 rings (SSSR count). The summed E-state index contributed by atoms with van der Waals surface area (Å²) in [7, 11) is 0. The quantitative estimate of drug-likeness (QED) is 0.869. The number of benzene rings is 1. The first-order valence-corrected chi connectivity index (χ1v) is 6.52. The van der Waals surface area contributed by atoms with Crippen LogP contribution in [-0.4, -0.2) is 11.5 Å². The van der Waals surface area contributed by atoms with E-state index in [2.05, 4.69) is 48.9 Å². The van der Waals surface area contributed by atoms with Crippen LogP contribution in [0.2, 0.25) is 0 Å². The summed E-state index contributed by atoms with van der Waals surface area (Å²) in [6, 6.07) is 8.20. The van der Waals surface area contributed by atoms with Gasteiger partial charge >= 0.3 is 0 Å². The van der Waals surface area contributed by atoms with Gasteiger partial charge in [0, 0.05) is 11.8 Å². The second-order valence-electron chi connectivity index (χ2n) is 4.62. The molecule has 1 heterocycles. The van der Waals surface area contributed by atoms with Crippen LogP contribution in [0.5, 0.6) is 5.75 Å². The Morgan fingerprint density at radius 1 is 1.15 bits per heavy atom. The standard InChI is InChI=1S/C17H18N2O/c1-13-5-6-16(8-14(13)2)12-20-17-9-15(4-3-7-18)10-19-11-17/h5-6,8-11H,7,12,18H2,1-2H3. The Labute approximate surface area is 119 Å². The minimum absolute atomic E-state index is 0.341. The highest BCUT2D eigenvalue weighted by Crippen LogP contribution is 2.15. The van der Waals surface area contributed by atoms with Crippen molar-refractivity contribution in [3.05, 3.63) is 58.9 Å². The van der Waals surface area contributed by atoms with Crippen molar-refractivity contribution in [1.29, 1.82) is 0 Å². The smallest absolute Gasteiger partial charge is 0.139 e. The summed E-state index contributed by atoms with van der Waals surface area (Å²) in [6.07, 6.45) is 3.39. The molecule has 0 spiro atoms. The van der Waals surface area contributed by atoms with Gasteiger partial charge in [0.1, 0.15) is 12.4 Å². The monoisotopic (exact) mass is 266 g/mol. The molecule has 102 valence electrons. The summed E-state index contributed by atoms with van der Waals surface area (Å²) in [6.45, 7) is 5.07. The van der Waals surface area contributed by atoms with E-state index in [1.807, 2.05) is 6.07 Å². The molecule has 20 heavy (non-hydrogen) atoms. The molecule has 0 unspecified atom stereocenters. The van der Waals surface area contributed by atoms with E-state index in [0.29, 0.717) is 18.9 Å². The highest BCUT2D eigenvalue weighted by molar-refractivity contribution is 5.37. The Morgan fingerprint density at radius 2 is 2.00 bits per heavy atom. The molecule has 1 aromatic heterocycles. The van der Waals surface area contributed by atoms with Gasteiger partial charge in [0.2, 0.25) is 0 Å². The normalized spacial score (nSPS) is 9.75. The predicted octanol–water partition coefficient (Wildman–Crippen LogP) is 2.59. The van der Waals surface area contributed by atoms with Gasteiger partial charge < -0.3 is 10.5 Å². The van der Waals surface area contributed by atoms with Crippen molar-refractivity contribution in [2.45, 2.75) is 20.5 Å². The lowest BCUT2D eigenvalue weighted by atomic mass is 10.1. The lowest BCUT2D eigenvalue weighted by Gasteiger charge is -2.08. The first-order chi connectivity index (χ1) is 9.69. The molecule has 0 bridgehead atoms. The van der Waals surface area contributed by atoms with E-state index in [4.69, 9.17) is 10.5 Å². The molecule has 0 aliphatic heterocycles. The van der Waals surface area contributed by atoms with Crippen molar-refractivity contribution in [2.75, 3.05) is 6.54 Å². The number of ether oxygens (including phenoxy) is 1. The molecule has 2 N–H and O–H groups in total. The fourth-order valence-corrected chi connectivity index (χ4v) is 1.78. The Bertz CT molecular complexity index is 654. The summed E-state index contributed by atoms with van der Waals surface area (Å²) in [4.78, 5) is 4.11. The fourth-order valence-electron chi connectivity index (χ4n) is 1.78. The van der Waals surface area contributed by atoms with Crippen LogP contribution in [0.1, 0.15) is 22.3 Å². The molecular weight excluding hydrogens is 248 g/mol. The third-order valence-corrected chi connectivity index (χ3v) is 3.02. The Hall–Kier alpha value is -2.31. The van der Waals surface area contributed by atoms with Crippen molar-refractivity contribution in [2.24, 2.45) is 5.73 Å². The van der Waals surface area contributed by atoms with Crippen LogP contribution in [0.15, 0.2) is 36.7 Å². The van der Waals surface area contributed by atoms with E-state index in [0.717, 1.165) is 11.1 Å². The minimum atomic E-state index is 0.341. The lowest BCUT2D eigenvalue weighted by molar-refractivity contribution is 0.305. The third-order valence-electron chi connectivity index (χ3n) is 3.02. The maximum absolute atomic E-state index is 5.75. The van der Waals surface area contributed by atoms with Gasteiger partial charge in [0.15, 0.2) is 0 Å². The second-order valence-corrected chi connectivity index (χ2v) is 4.62. The van der Waals surface area contributed by atoms with Crippen molar-refractivity contribution in [3.63, 3.8) is 0 Å². The average Bonchev–Trinajstić information content (AvgIpc) is 2.47. The van der Waals surface area contributed by atoms with Crippen LogP contribution in [0, 0.1) is 25.7 Å². The van der Waals surface area contributed by atoms with Gasteiger partial charge in [-0.3, -0.25) is 4.98 Å². The maximum atomic E-state index is 5.75. The zero-order valence-electron chi connectivity index (χ0n) is 11.8. The number of aryl methyl sites for hydroxylation is 2. The van der Waals surface area contributed by atoms with Crippen LogP contribution < -0.4 is 10.5 Å². The van der Waals surface area contributed by atoms with Gasteiger partial charge in [-0.05, 0) is 36.6 Å². The molecule has 0 fully saturated rings. The number of rotatable bonds is 3. The molecular formula is C17H18N2O. The molecule has 3 nitrogen and oxygen atoms in total. The Morgan fingerprint density at radius 3 is 2.75 bits per heavy atom. The number of pyridine rings is 1. The number of nitrogens with zero attached hydrogens (tertiary/aromatic N) is 1. The molecule has 0 radical (unpaired) electrons.